The van der Waals surface area contributed by atoms with Gasteiger partial charge in [0.2, 0.25) is 0 Å². The number of hydrogen-bond donors (Lipinski definition) is 1. The molecule has 0 atom stereocenters. The summed E-state index contributed by atoms with van der Waals surface area (Å²) in [6.07, 6.45) is 4.46. The van der Waals surface area contributed by atoms with Gasteiger partial charge in [-0.1, -0.05) is 18.5 Å². The first kappa shape index (κ1) is 16.9. The first-order chi connectivity index (χ1) is 11.6. The van der Waals surface area contributed by atoms with Gasteiger partial charge < -0.3 is 4.90 Å². The third-order valence-electron chi connectivity index (χ3n) is 4.59. The summed E-state index contributed by atoms with van der Waals surface area (Å²) in [7, 11) is 0. The fourth-order valence-corrected chi connectivity index (χ4v) is 3.34. The molecule has 2 aromatic rings. The Labute approximate surface area is 146 Å². The lowest BCUT2D eigenvalue weighted by Gasteiger charge is -2.36. The monoisotopic (exact) mass is 347 g/mol. The molecule has 1 saturated heterocycles. The van der Waals surface area contributed by atoms with Crippen molar-refractivity contribution in [3.63, 3.8) is 0 Å². The average Bonchev–Trinajstić information content (AvgIpc) is 2.60. The van der Waals surface area contributed by atoms with Crippen LogP contribution in [0.1, 0.15) is 23.7 Å². The summed E-state index contributed by atoms with van der Waals surface area (Å²) in [5.74, 6) is 0. The van der Waals surface area contributed by atoms with Crippen molar-refractivity contribution in [2.75, 3.05) is 31.1 Å². The third kappa shape index (κ3) is 3.44. The molecule has 0 bridgehead atoms. The van der Waals surface area contributed by atoms with E-state index in [2.05, 4.69) is 44.9 Å². The predicted molar refractivity (Wildman–Crippen MR) is 95.7 cm³/mol. The van der Waals surface area contributed by atoms with E-state index in [0.717, 1.165) is 39.1 Å². The van der Waals surface area contributed by atoms with Crippen molar-refractivity contribution >= 4 is 17.3 Å². The number of rotatable bonds is 4. The molecule has 0 radical (unpaired) electrons. The van der Waals surface area contributed by atoms with Gasteiger partial charge in [-0.15, -0.1) is 0 Å². The van der Waals surface area contributed by atoms with Gasteiger partial charge in [-0.3, -0.25) is 14.7 Å². The van der Waals surface area contributed by atoms with E-state index in [-0.39, 0.29) is 10.6 Å². The Hall–Kier alpha value is -1.92. The van der Waals surface area contributed by atoms with Crippen LogP contribution < -0.4 is 10.5 Å². The number of aromatic nitrogens is 3. The summed E-state index contributed by atoms with van der Waals surface area (Å²) in [5.41, 5.74) is 4.19. The van der Waals surface area contributed by atoms with Crippen molar-refractivity contribution < 1.29 is 0 Å². The minimum absolute atomic E-state index is 0.217. The summed E-state index contributed by atoms with van der Waals surface area (Å²) < 4.78 is 0. The number of nitrogens with zero attached hydrogens (tertiary/aromatic N) is 4. The quantitative estimate of drug-likeness (QED) is 0.916. The van der Waals surface area contributed by atoms with E-state index in [1.165, 1.54) is 16.8 Å². The standard InChI is InChI=1S/C17H22ClN5O/c1-3-14-13(12(2)4-5-19-14)11-22-6-8-23(9-7-22)15-10-20-21-17(24)16(15)18/h4-5,10H,3,6-9,11H2,1-2H3,(H,21,24). The van der Waals surface area contributed by atoms with Crippen molar-refractivity contribution in [2.45, 2.75) is 26.8 Å². The molecule has 0 amide bonds. The zero-order valence-corrected chi connectivity index (χ0v) is 14.8. The second-order valence-electron chi connectivity index (χ2n) is 6.07. The van der Waals surface area contributed by atoms with Crippen molar-refractivity contribution in [3.8, 4) is 0 Å². The molecule has 128 valence electrons. The van der Waals surface area contributed by atoms with Gasteiger partial charge in [-0.05, 0) is 30.5 Å². The van der Waals surface area contributed by atoms with Crippen LogP contribution in [0, 0.1) is 6.92 Å². The molecular weight excluding hydrogens is 326 g/mol. The summed E-state index contributed by atoms with van der Waals surface area (Å²) in [6.45, 7) is 8.69. The maximum Gasteiger partial charge on any atom is 0.285 e. The van der Waals surface area contributed by atoms with E-state index in [0.29, 0.717) is 5.69 Å². The van der Waals surface area contributed by atoms with Crippen LogP contribution >= 0.6 is 11.6 Å². The van der Waals surface area contributed by atoms with E-state index >= 15 is 0 Å². The number of piperazine rings is 1. The average molecular weight is 348 g/mol. The van der Waals surface area contributed by atoms with E-state index < -0.39 is 0 Å². The summed E-state index contributed by atoms with van der Waals surface area (Å²) >= 11 is 6.11. The minimum Gasteiger partial charge on any atom is -0.366 e. The molecule has 3 rings (SSSR count). The van der Waals surface area contributed by atoms with Gasteiger partial charge in [-0.25, -0.2) is 5.10 Å². The van der Waals surface area contributed by atoms with E-state index in [1.807, 2.05) is 6.20 Å². The highest BCUT2D eigenvalue weighted by molar-refractivity contribution is 6.32. The zero-order chi connectivity index (χ0) is 17.1. The molecule has 0 unspecified atom stereocenters. The number of pyridine rings is 1. The maximum atomic E-state index is 11.6. The van der Waals surface area contributed by atoms with Crippen LogP contribution in [0.5, 0.6) is 0 Å². The number of aryl methyl sites for hydroxylation is 2. The molecule has 24 heavy (non-hydrogen) atoms. The highest BCUT2D eigenvalue weighted by Crippen LogP contribution is 2.23. The predicted octanol–water partition coefficient (Wildman–Crippen LogP) is 2.01. The normalized spacial score (nSPS) is 15.7. The number of aromatic amines is 1. The summed E-state index contributed by atoms with van der Waals surface area (Å²) in [4.78, 5) is 20.7. The highest BCUT2D eigenvalue weighted by Gasteiger charge is 2.21. The number of halogens is 1. The van der Waals surface area contributed by atoms with Crippen LogP contribution in [0.3, 0.4) is 0 Å². The Morgan fingerprint density at radius 1 is 1.29 bits per heavy atom. The van der Waals surface area contributed by atoms with Crippen molar-refractivity contribution in [3.05, 3.63) is 50.7 Å². The molecule has 1 N–H and O–H groups in total. The van der Waals surface area contributed by atoms with Crippen LogP contribution in [0.2, 0.25) is 5.02 Å². The van der Waals surface area contributed by atoms with Gasteiger partial charge in [0.1, 0.15) is 5.02 Å². The second-order valence-corrected chi connectivity index (χ2v) is 6.45. The van der Waals surface area contributed by atoms with Crippen molar-refractivity contribution in [1.29, 1.82) is 0 Å². The highest BCUT2D eigenvalue weighted by atomic mass is 35.5. The van der Waals surface area contributed by atoms with Crippen molar-refractivity contribution in [1.82, 2.24) is 20.1 Å². The lowest BCUT2D eigenvalue weighted by molar-refractivity contribution is 0.248. The Morgan fingerprint density at radius 3 is 2.75 bits per heavy atom. The van der Waals surface area contributed by atoms with Gasteiger partial charge in [0.15, 0.2) is 0 Å². The van der Waals surface area contributed by atoms with Crippen LogP contribution in [0.15, 0.2) is 23.3 Å². The topological polar surface area (TPSA) is 65.1 Å². The largest absolute Gasteiger partial charge is 0.366 e. The lowest BCUT2D eigenvalue weighted by Crippen LogP contribution is -2.46. The smallest absolute Gasteiger partial charge is 0.285 e. The Kier molecular flexibility index (Phi) is 5.16. The molecule has 1 aliphatic heterocycles. The number of nitrogens with one attached hydrogen (secondary N) is 1. The molecule has 1 fully saturated rings. The molecule has 0 aliphatic carbocycles. The number of H-pyrrole nitrogens is 1. The Balaban J connectivity index is 1.68. The summed E-state index contributed by atoms with van der Waals surface area (Å²) in [6, 6.07) is 2.08. The van der Waals surface area contributed by atoms with Gasteiger partial charge in [0.25, 0.3) is 5.56 Å². The van der Waals surface area contributed by atoms with Gasteiger partial charge in [-0.2, -0.15) is 5.10 Å². The first-order valence-corrected chi connectivity index (χ1v) is 8.61. The molecule has 6 nitrogen and oxygen atoms in total. The fourth-order valence-electron chi connectivity index (χ4n) is 3.13. The molecule has 0 spiro atoms. The van der Waals surface area contributed by atoms with E-state index in [4.69, 9.17) is 11.6 Å². The molecule has 0 aromatic carbocycles. The van der Waals surface area contributed by atoms with Crippen LogP contribution in [-0.4, -0.2) is 46.3 Å². The molecule has 1 aliphatic rings. The van der Waals surface area contributed by atoms with Crippen LogP contribution in [-0.2, 0) is 13.0 Å². The van der Waals surface area contributed by atoms with Crippen molar-refractivity contribution in [2.24, 2.45) is 0 Å². The Bertz CT molecular complexity index is 768. The molecule has 7 heteroatoms. The molecule has 0 saturated carbocycles. The maximum absolute atomic E-state index is 11.6. The lowest BCUT2D eigenvalue weighted by atomic mass is 10.0. The van der Waals surface area contributed by atoms with Gasteiger partial charge in [0, 0.05) is 44.6 Å². The molecular formula is C17H22ClN5O. The van der Waals surface area contributed by atoms with Crippen LogP contribution in [0.4, 0.5) is 5.69 Å². The van der Waals surface area contributed by atoms with E-state index in [1.54, 1.807) is 6.20 Å². The zero-order valence-electron chi connectivity index (χ0n) is 14.0. The number of hydrogen-bond acceptors (Lipinski definition) is 5. The van der Waals surface area contributed by atoms with Crippen LogP contribution in [0.25, 0.3) is 0 Å². The Morgan fingerprint density at radius 2 is 2.04 bits per heavy atom. The molecule has 3 heterocycles. The SMILES string of the molecule is CCc1nccc(C)c1CN1CCN(c2cn[nH]c(=O)c2Cl)CC1. The first-order valence-electron chi connectivity index (χ1n) is 8.24. The molecule has 2 aromatic heterocycles. The minimum atomic E-state index is -0.338. The second kappa shape index (κ2) is 7.32. The van der Waals surface area contributed by atoms with Gasteiger partial charge in [0.05, 0.1) is 11.9 Å². The van der Waals surface area contributed by atoms with E-state index in [9.17, 15) is 4.79 Å². The fraction of sp³-hybridized carbons (Fsp3) is 0.471. The number of anilines is 1. The van der Waals surface area contributed by atoms with Gasteiger partial charge >= 0.3 is 0 Å². The summed E-state index contributed by atoms with van der Waals surface area (Å²) in [5, 5.41) is 6.43. The third-order valence-corrected chi connectivity index (χ3v) is 4.95.